The Kier molecular flexibility index (Phi) is 3.82. The lowest BCUT2D eigenvalue weighted by Crippen LogP contribution is -2.22. The van der Waals surface area contributed by atoms with Crippen molar-refractivity contribution in [3.05, 3.63) is 71.8 Å². The summed E-state index contributed by atoms with van der Waals surface area (Å²) in [7, 11) is 0. The lowest BCUT2D eigenvalue weighted by atomic mass is 9.71. The Bertz CT molecular complexity index is 577. The van der Waals surface area contributed by atoms with Crippen LogP contribution in [-0.2, 0) is 0 Å². The molecule has 102 valence electrons. The Morgan fingerprint density at radius 2 is 1.35 bits per heavy atom. The zero-order valence-corrected chi connectivity index (χ0v) is 11.4. The first-order chi connectivity index (χ1) is 9.88. The van der Waals surface area contributed by atoms with Crippen molar-refractivity contribution in [2.24, 2.45) is 5.16 Å². The Morgan fingerprint density at radius 3 is 1.90 bits per heavy atom. The number of oxime groups is 1. The van der Waals surface area contributed by atoms with Gasteiger partial charge in [0.1, 0.15) is 0 Å². The molecule has 0 aliphatic heterocycles. The molecule has 1 saturated carbocycles. The summed E-state index contributed by atoms with van der Waals surface area (Å²) in [4.78, 5) is 0. The second kappa shape index (κ2) is 5.91. The maximum absolute atomic E-state index is 9.10. The maximum atomic E-state index is 9.10. The van der Waals surface area contributed by atoms with E-state index in [4.69, 9.17) is 5.21 Å². The minimum Gasteiger partial charge on any atom is -0.411 e. The predicted octanol–water partition coefficient (Wildman–Crippen LogP) is 4.57. The fourth-order valence-corrected chi connectivity index (χ4v) is 3.26. The van der Waals surface area contributed by atoms with Gasteiger partial charge in [-0.15, -0.1) is 0 Å². The molecule has 1 fully saturated rings. The summed E-state index contributed by atoms with van der Waals surface area (Å²) in [5.74, 6) is 0.905. The first kappa shape index (κ1) is 12.9. The number of hydrogen-bond donors (Lipinski definition) is 1. The van der Waals surface area contributed by atoms with Crippen LogP contribution in [0.2, 0.25) is 0 Å². The van der Waals surface area contributed by atoms with Crippen molar-refractivity contribution in [1.82, 2.24) is 0 Å². The molecule has 0 bridgehead atoms. The Balaban J connectivity index is 1.95. The van der Waals surface area contributed by atoms with Crippen molar-refractivity contribution >= 4 is 5.71 Å². The zero-order chi connectivity index (χ0) is 13.8. The summed E-state index contributed by atoms with van der Waals surface area (Å²) >= 11 is 0. The lowest BCUT2D eigenvalue weighted by Gasteiger charge is -2.32. The van der Waals surface area contributed by atoms with Gasteiger partial charge in [0.2, 0.25) is 0 Å². The molecule has 0 aromatic heterocycles. The van der Waals surface area contributed by atoms with Gasteiger partial charge < -0.3 is 5.21 Å². The van der Waals surface area contributed by atoms with E-state index < -0.39 is 0 Å². The highest BCUT2D eigenvalue weighted by Crippen LogP contribution is 2.42. The standard InChI is InChI=1S/C18H19NO/c20-19-16-11-12-17(14-7-3-1-4-8-14)18(13-16)15-9-5-2-6-10-15/h1-10,17-18,20H,11-13H2/b19-16+. The van der Waals surface area contributed by atoms with Gasteiger partial charge in [-0.25, -0.2) is 0 Å². The van der Waals surface area contributed by atoms with E-state index in [1.54, 1.807) is 0 Å². The third kappa shape index (κ3) is 2.60. The van der Waals surface area contributed by atoms with Gasteiger partial charge in [0.05, 0.1) is 5.71 Å². The van der Waals surface area contributed by atoms with E-state index in [0.717, 1.165) is 25.0 Å². The van der Waals surface area contributed by atoms with E-state index in [1.165, 1.54) is 11.1 Å². The van der Waals surface area contributed by atoms with E-state index in [-0.39, 0.29) is 0 Å². The molecule has 20 heavy (non-hydrogen) atoms. The van der Waals surface area contributed by atoms with Gasteiger partial charge in [-0.3, -0.25) is 0 Å². The number of benzene rings is 2. The molecule has 0 heterocycles. The molecule has 0 amide bonds. The highest BCUT2D eigenvalue weighted by molar-refractivity contribution is 5.85. The van der Waals surface area contributed by atoms with Crippen LogP contribution in [0.4, 0.5) is 0 Å². The molecule has 2 heteroatoms. The fraction of sp³-hybridized carbons (Fsp3) is 0.278. The van der Waals surface area contributed by atoms with Crippen molar-refractivity contribution in [3.63, 3.8) is 0 Å². The molecule has 1 N–H and O–H groups in total. The van der Waals surface area contributed by atoms with Crippen molar-refractivity contribution in [2.45, 2.75) is 31.1 Å². The molecule has 2 atom stereocenters. The van der Waals surface area contributed by atoms with Crippen molar-refractivity contribution < 1.29 is 5.21 Å². The molecule has 2 unspecified atom stereocenters. The van der Waals surface area contributed by atoms with Crippen LogP contribution in [0, 0.1) is 0 Å². The van der Waals surface area contributed by atoms with Crippen LogP contribution in [0.25, 0.3) is 0 Å². The number of nitrogens with zero attached hydrogens (tertiary/aromatic N) is 1. The van der Waals surface area contributed by atoms with E-state index in [2.05, 4.69) is 59.8 Å². The fourth-order valence-electron chi connectivity index (χ4n) is 3.26. The third-order valence-corrected chi connectivity index (χ3v) is 4.28. The lowest BCUT2D eigenvalue weighted by molar-refractivity contribution is 0.311. The molecular weight excluding hydrogens is 246 g/mol. The minimum atomic E-state index is 0.401. The van der Waals surface area contributed by atoms with Crippen LogP contribution in [0.3, 0.4) is 0 Å². The van der Waals surface area contributed by atoms with Crippen LogP contribution in [-0.4, -0.2) is 10.9 Å². The maximum Gasteiger partial charge on any atom is 0.0577 e. The third-order valence-electron chi connectivity index (χ3n) is 4.28. The monoisotopic (exact) mass is 265 g/mol. The first-order valence-corrected chi connectivity index (χ1v) is 7.18. The molecular formula is C18H19NO. The highest BCUT2D eigenvalue weighted by Gasteiger charge is 2.30. The topological polar surface area (TPSA) is 32.6 Å². The second-order valence-electron chi connectivity index (χ2n) is 5.44. The Hall–Kier alpha value is -2.09. The number of rotatable bonds is 2. The quantitative estimate of drug-likeness (QED) is 0.626. The molecule has 2 aromatic rings. The molecule has 1 aliphatic carbocycles. The number of hydrogen-bond acceptors (Lipinski definition) is 2. The van der Waals surface area contributed by atoms with Crippen LogP contribution in [0.1, 0.15) is 42.2 Å². The van der Waals surface area contributed by atoms with E-state index in [1.807, 2.05) is 6.07 Å². The molecule has 2 aromatic carbocycles. The van der Waals surface area contributed by atoms with E-state index in [0.29, 0.717) is 11.8 Å². The average molecular weight is 265 g/mol. The molecule has 1 aliphatic rings. The summed E-state index contributed by atoms with van der Waals surface area (Å²) in [6, 6.07) is 21.3. The zero-order valence-electron chi connectivity index (χ0n) is 11.4. The summed E-state index contributed by atoms with van der Waals surface area (Å²) in [5.41, 5.74) is 3.64. The average Bonchev–Trinajstić information content (AvgIpc) is 2.56. The normalized spacial score (nSPS) is 24.7. The largest absolute Gasteiger partial charge is 0.411 e. The molecule has 0 saturated heterocycles. The Morgan fingerprint density at radius 1 is 0.800 bits per heavy atom. The van der Waals surface area contributed by atoms with Crippen LogP contribution < -0.4 is 0 Å². The molecule has 0 radical (unpaired) electrons. The smallest absolute Gasteiger partial charge is 0.0577 e. The van der Waals surface area contributed by atoms with Crippen LogP contribution >= 0.6 is 0 Å². The predicted molar refractivity (Wildman–Crippen MR) is 81.4 cm³/mol. The minimum absolute atomic E-state index is 0.401. The summed E-state index contributed by atoms with van der Waals surface area (Å²) in [6.45, 7) is 0. The summed E-state index contributed by atoms with van der Waals surface area (Å²) in [5, 5.41) is 12.6. The van der Waals surface area contributed by atoms with Gasteiger partial charge in [0.25, 0.3) is 0 Å². The van der Waals surface area contributed by atoms with Crippen LogP contribution in [0.15, 0.2) is 65.8 Å². The van der Waals surface area contributed by atoms with Crippen molar-refractivity contribution in [3.8, 4) is 0 Å². The van der Waals surface area contributed by atoms with E-state index >= 15 is 0 Å². The van der Waals surface area contributed by atoms with Gasteiger partial charge in [-0.2, -0.15) is 0 Å². The first-order valence-electron chi connectivity index (χ1n) is 7.18. The highest BCUT2D eigenvalue weighted by atomic mass is 16.4. The van der Waals surface area contributed by atoms with Gasteiger partial charge in [0, 0.05) is 0 Å². The van der Waals surface area contributed by atoms with Gasteiger partial charge in [-0.05, 0) is 42.2 Å². The molecule has 3 rings (SSSR count). The summed E-state index contributed by atoms with van der Waals surface area (Å²) < 4.78 is 0. The van der Waals surface area contributed by atoms with Gasteiger partial charge in [-0.1, -0.05) is 65.8 Å². The second-order valence-corrected chi connectivity index (χ2v) is 5.44. The van der Waals surface area contributed by atoms with Crippen molar-refractivity contribution in [2.75, 3.05) is 0 Å². The Labute approximate surface area is 119 Å². The van der Waals surface area contributed by atoms with Gasteiger partial charge in [0.15, 0.2) is 0 Å². The molecule has 0 spiro atoms. The summed E-state index contributed by atoms with van der Waals surface area (Å²) in [6.07, 6.45) is 2.78. The van der Waals surface area contributed by atoms with Crippen LogP contribution in [0.5, 0.6) is 0 Å². The van der Waals surface area contributed by atoms with Gasteiger partial charge >= 0.3 is 0 Å². The van der Waals surface area contributed by atoms with E-state index in [9.17, 15) is 0 Å². The SMILES string of the molecule is O/N=C1\CCC(c2ccccc2)C(c2ccccc2)C1. The van der Waals surface area contributed by atoms with Crippen molar-refractivity contribution in [1.29, 1.82) is 0 Å². The molecule has 2 nitrogen and oxygen atoms in total.